The number of rotatable bonds is 14. The third kappa shape index (κ3) is 10.4. The Kier molecular flexibility index (Phi) is 14.0. The van der Waals surface area contributed by atoms with Gasteiger partial charge in [-0.3, -0.25) is 9.59 Å². The van der Waals surface area contributed by atoms with Gasteiger partial charge in [-0.2, -0.15) is 11.8 Å². The number of thioether (sulfide) groups is 1. The minimum Gasteiger partial charge on any atom is -0.444 e. The molecule has 0 radical (unpaired) electrons. The highest BCUT2D eigenvalue weighted by atomic mass is 32.2. The number of nitrogens with one attached hydrogen (secondary N) is 2. The number of hydrogen-bond donors (Lipinski definition) is 2. The summed E-state index contributed by atoms with van der Waals surface area (Å²) < 4.78 is 5.45. The fourth-order valence-electron chi connectivity index (χ4n) is 3.84. The lowest BCUT2D eigenvalue weighted by molar-refractivity contribution is -0.142. The van der Waals surface area contributed by atoms with E-state index in [1.54, 1.807) is 37.4 Å². The maximum atomic E-state index is 14.1. The Morgan fingerprint density at radius 2 is 1.75 bits per heavy atom. The van der Waals surface area contributed by atoms with Crippen LogP contribution >= 0.6 is 11.8 Å². The van der Waals surface area contributed by atoms with Gasteiger partial charge >= 0.3 is 6.09 Å². The van der Waals surface area contributed by atoms with E-state index in [-0.39, 0.29) is 11.8 Å². The van der Waals surface area contributed by atoms with Crippen LogP contribution in [0.15, 0.2) is 18.2 Å². The molecule has 8 heteroatoms. The van der Waals surface area contributed by atoms with Crippen molar-refractivity contribution in [2.75, 3.05) is 25.1 Å². The van der Waals surface area contributed by atoms with Crippen LogP contribution in [0.1, 0.15) is 89.5 Å². The van der Waals surface area contributed by atoms with Crippen LogP contribution in [0, 0.1) is 13.8 Å². The van der Waals surface area contributed by atoms with Gasteiger partial charge in [0.2, 0.25) is 11.8 Å². The first-order valence-electron chi connectivity index (χ1n) is 13.1. The number of hydrogen-bond acceptors (Lipinski definition) is 5. The van der Waals surface area contributed by atoms with Crippen molar-refractivity contribution in [3.05, 3.63) is 34.9 Å². The highest BCUT2D eigenvalue weighted by Crippen LogP contribution is 2.28. The van der Waals surface area contributed by atoms with Crippen molar-refractivity contribution in [3.8, 4) is 0 Å². The van der Waals surface area contributed by atoms with E-state index in [9.17, 15) is 14.4 Å². The number of carbonyl (C=O) groups is 3. The van der Waals surface area contributed by atoms with Gasteiger partial charge in [0, 0.05) is 13.1 Å². The highest BCUT2D eigenvalue weighted by Gasteiger charge is 2.36. The van der Waals surface area contributed by atoms with Gasteiger partial charge in [0.05, 0.1) is 0 Å². The molecule has 0 saturated carbocycles. The Balaban J connectivity index is 3.47. The predicted molar refractivity (Wildman–Crippen MR) is 149 cm³/mol. The van der Waals surface area contributed by atoms with Gasteiger partial charge in [0.25, 0.3) is 0 Å². The van der Waals surface area contributed by atoms with Crippen LogP contribution in [-0.2, 0) is 14.3 Å². The van der Waals surface area contributed by atoms with Gasteiger partial charge in [0.1, 0.15) is 17.7 Å². The van der Waals surface area contributed by atoms with Gasteiger partial charge in [-0.15, -0.1) is 0 Å². The summed E-state index contributed by atoms with van der Waals surface area (Å²) in [6, 6.07) is 4.29. The molecular formula is C28H47N3O4S. The van der Waals surface area contributed by atoms with Crippen molar-refractivity contribution in [1.82, 2.24) is 15.5 Å². The number of carbonyl (C=O) groups excluding carboxylic acids is 3. The normalized spacial score (nSPS) is 13.0. The van der Waals surface area contributed by atoms with E-state index >= 15 is 0 Å². The first-order chi connectivity index (χ1) is 17.0. The molecule has 0 spiro atoms. The first kappa shape index (κ1) is 31.8. The monoisotopic (exact) mass is 521 g/mol. The molecule has 2 atom stereocenters. The lowest BCUT2D eigenvalue weighted by Gasteiger charge is -2.35. The van der Waals surface area contributed by atoms with Gasteiger partial charge < -0.3 is 20.3 Å². The maximum Gasteiger partial charge on any atom is 0.408 e. The maximum absolute atomic E-state index is 14.1. The Morgan fingerprint density at radius 1 is 1.08 bits per heavy atom. The molecule has 1 aromatic rings. The molecule has 7 nitrogen and oxygen atoms in total. The molecule has 3 amide bonds. The van der Waals surface area contributed by atoms with E-state index in [2.05, 4.69) is 24.5 Å². The molecule has 0 aliphatic rings. The number of alkyl carbamates (subject to hydrolysis) is 1. The number of amides is 3. The zero-order chi connectivity index (χ0) is 27.3. The van der Waals surface area contributed by atoms with E-state index in [1.807, 2.05) is 38.3 Å². The number of aryl methyl sites for hydroxylation is 1. The first-order valence-corrected chi connectivity index (χ1v) is 14.5. The second kappa shape index (κ2) is 15.8. The Hall–Kier alpha value is -2.22. The molecule has 36 heavy (non-hydrogen) atoms. The largest absolute Gasteiger partial charge is 0.444 e. The summed E-state index contributed by atoms with van der Waals surface area (Å²) in [6.07, 6.45) is 5.22. The SMILES string of the molecule is CCCCNC(=O)C(c1cccc(C)c1C)N(CCCC)C(=O)C(CCSC)NC(=O)OC(C)(C)C. The summed E-state index contributed by atoms with van der Waals surface area (Å²) in [4.78, 5) is 42.0. The van der Waals surface area contributed by atoms with E-state index in [1.165, 1.54) is 0 Å². The van der Waals surface area contributed by atoms with Crippen LogP contribution < -0.4 is 10.6 Å². The van der Waals surface area contributed by atoms with Crippen molar-refractivity contribution in [1.29, 1.82) is 0 Å². The molecule has 204 valence electrons. The minimum atomic E-state index is -0.791. The fourth-order valence-corrected chi connectivity index (χ4v) is 4.32. The van der Waals surface area contributed by atoms with E-state index in [4.69, 9.17) is 4.74 Å². The summed E-state index contributed by atoms with van der Waals surface area (Å²) in [6.45, 7) is 14.5. The molecule has 0 bridgehead atoms. The van der Waals surface area contributed by atoms with Crippen molar-refractivity contribution < 1.29 is 19.1 Å². The number of benzene rings is 1. The highest BCUT2D eigenvalue weighted by molar-refractivity contribution is 7.98. The topological polar surface area (TPSA) is 87.7 Å². The minimum absolute atomic E-state index is 0.192. The third-order valence-corrected chi connectivity index (χ3v) is 6.61. The zero-order valence-corrected chi connectivity index (χ0v) is 24.3. The Bertz CT molecular complexity index is 854. The average Bonchev–Trinajstić information content (AvgIpc) is 2.80. The Morgan fingerprint density at radius 3 is 2.33 bits per heavy atom. The van der Waals surface area contributed by atoms with Gasteiger partial charge in [-0.05, 0) is 82.6 Å². The fraction of sp³-hybridized carbons (Fsp3) is 0.679. The second-order valence-electron chi connectivity index (χ2n) is 10.2. The van der Waals surface area contributed by atoms with Crippen LogP contribution in [-0.4, -0.2) is 59.5 Å². The summed E-state index contributed by atoms with van der Waals surface area (Å²) in [5.74, 6) is 0.229. The van der Waals surface area contributed by atoms with Gasteiger partial charge in [-0.1, -0.05) is 44.9 Å². The van der Waals surface area contributed by atoms with Crippen molar-refractivity contribution >= 4 is 29.7 Å². The van der Waals surface area contributed by atoms with Gasteiger partial charge in [0.15, 0.2) is 0 Å². The van der Waals surface area contributed by atoms with Gasteiger partial charge in [-0.25, -0.2) is 4.79 Å². The number of unbranched alkanes of at least 4 members (excludes halogenated alkanes) is 2. The molecule has 0 saturated heterocycles. The molecule has 1 aromatic carbocycles. The van der Waals surface area contributed by atoms with Crippen LogP contribution in [0.3, 0.4) is 0 Å². The van der Waals surface area contributed by atoms with E-state index < -0.39 is 23.8 Å². The summed E-state index contributed by atoms with van der Waals surface area (Å²) in [7, 11) is 0. The molecule has 0 aliphatic heterocycles. The standard InChI is InChI=1S/C28H47N3O4S/c1-9-11-17-29-25(32)24(22-15-13-14-20(3)21(22)4)31(18-12-10-2)26(33)23(16-19-36-8)30-27(34)35-28(5,6)7/h13-15,23-24H,9-12,16-19H2,1-8H3,(H,29,32)(H,30,34). The molecule has 2 N–H and O–H groups in total. The van der Waals surface area contributed by atoms with Crippen LogP contribution in [0.2, 0.25) is 0 Å². The van der Waals surface area contributed by atoms with E-state index in [0.29, 0.717) is 25.3 Å². The van der Waals surface area contributed by atoms with Crippen molar-refractivity contribution in [2.45, 2.75) is 98.3 Å². The lowest BCUT2D eigenvalue weighted by atomic mass is 9.94. The van der Waals surface area contributed by atoms with Crippen molar-refractivity contribution in [2.24, 2.45) is 0 Å². The molecule has 0 aromatic heterocycles. The van der Waals surface area contributed by atoms with Crippen LogP contribution in [0.25, 0.3) is 0 Å². The molecule has 2 unspecified atom stereocenters. The average molecular weight is 522 g/mol. The molecule has 1 rings (SSSR count). The van der Waals surface area contributed by atoms with Crippen molar-refractivity contribution in [3.63, 3.8) is 0 Å². The van der Waals surface area contributed by atoms with Crippen LogP contribution in [0.5, 0.6) is 0 Å². The van der Waals surface area contributed by atoms with Crippen LogP contribution in [0.4, 0.5) is 4.79 Å². The number of ether oxygens (including phenoxy) is 1. The summed E-state index contributed by atoms with van der Waals surface area (Å²) >= 11 is 1.60. The second-order valence-corrected chi connectivity index (χ2v) is 11.2. The molecule has 0 heterocycles. The lowest BCUT2D eigenvalue weighted by Crippen LogP contribution is -2.53. The molecular weight excluding hydrogens is 474 g/mol. The molecule has 0 aliphatic carbocycles. The summed E-state index contributed by atoms with van der Waals surface area (Å²) in [5, 5.41) is 5.84. The summed E-state index contributed by atoms with van der Waals surface area (Å²) in [5.41, 5.74) is 2.18. The zero-order valence-electron chi connectivity index (χ0n) is 23.5. The third-order valence-electron chi connectivity index (χ3n) is 5.97. The Labute approximate surface area is 222 Å². The van der Waals surface area contributed by atoms with E-state index in [0.717, 1.165) is 42.4 Å². The smallest absolute Gasteiger partial charge is 0.408 e. The molecule has 0 fully saturated rings. The number of nitrogens with zero attached hydrogens (tertiary/aromatic N) is 1. The predicted octanol–water partition coefficient (Wildman–Crippen LogP) is 5.54. The quantitative estimate of drug-likeness (QED) is 0.314.